The number of carbonyl (C=O) groups excluding carboxylic acids is 4. The molecule has 0 unspecified atom stereocenters. The second-order valence-electron chi connectivity index (χ2n) is 17.2. The molecule has 2 aromatic rings. The molecule has 0 radical (unpaired) electrons. The number of nitrogens with one attached hydrogen (secondary N) is 3. The third kappa shape index (κ3) is 8.24. The standard InChI is InChI=1S/C41H54ClN5O9S/c1-2-27-22-41(27,39(51)45-57(53,54)30-15-16-30)44-36(48)32-21-29-23-47(32)38(50)35(25-10-5-6-11-25)43-40(52)56-33-13-8-12-24(33)9-4-3-7-18-46-34(55-29)20-26-19-28(42)14-17-31(26)37(46)49/h14,17,19-20,24-25,27,29-30,32-33,35H,2-13,15-16,18,21-23H2,1H3,(H,43,52)(H,44,48)(H,45,51)/t24-,27-,29-,32+,33-,35+,41-/m1/s1. The van der Waals surface area contributed by atoms with Gasteiger partial charge in [-0.3, -0.25) is 28.5 Å². The first-order valence-electron chi connectivity index (χ1n) is 21.0. The number of hydrogen-bond donors (Lipinski definition) is 3. The highest BCUT2D eigenvalue weighted by Gasteiger charge is 2.62. The van der Waals surface area contributed by atoms with Crippen molar-refractivity contribution in [3.05, 3.63) is 39.6 Å². The molecule has 6 aliphatic rings. The molecule has 1 aromatic carbocycles. The molecule has 5 fully saturated rings. The van der Waals surface area contributed by atoms with E-state index in [1.807, 2.05) is 6.92 Å². The number of amides is 4. The van der Waals surface area contributed by atoms with E-state index in [1.165, 1.54) is 4.90 Å². The number of aromatic nitrogens is 1. The Morgan fingerprint density at radius 2 is 1.67 bits per heavy atom. The van der Waals surface area contributed by atoms with Gasteiger partial charge in [0.2, 0.25) is 21.8 Å². The number of rotatable bonds is 7. The fourth-order valence-corrected chi connectivity index (χ4v) is 11.5. The second kappa shape index (κ2) is 16.1. The lowest BCUT2D eigenvalue weighted by Gasteiger charge is -2.32. The molecule has 2 bridgehead atoms. The maximum absolute atomic E-state index is 14.9. The van der Waals surface area contributed by atoms with Crippen molar-refractivity contribution in [1.29, 1.82) is 0 Å². The Morgan fingerprint density at radius 1 is 0.930 bits per heavy atom. The summed E-state index contributed by atoms with van der Waals surface area (Å²) < 4.78 is 42.2. The molecule has 14 nitrogen and oxygen atoms in total. The Labute approximate surface area is 338 Å². The van der Waals surface area contributed by atoms with Crippen molar-refractivity contribution in [3.8, 4) is 5.88 Å². The lowest BCUT2D eigenvalue weighted by atomic mass is 9.96. The van der Waals surface area contributed by atoms with Gasteiger partial charge in [-0.25, -0.2) is 13.2 Å². The second-order valence-corrected chi connectivity index (χ2v) is 19.6. The minimum atomic E-state index is -3.88. The van der Waals surface area contributed by atoms with E-state index in [2.05, 4.69) is 15.4 Å². The molecule has 310 valence electrons. The van der Waals surface area contributed by atoms with Crippen molar-refractivity contribution >= 4 is 56.2 Å². The minimum Gasteiger partial charge on any atom is -0.473 e. The number of alkyl carbamates (subject to hydrolysis) is 1. The van der Waals surface area contributed by atoms with Gasteiger partial charge in [0.1, 0.15) is 29.8 Å². The summed E-state index contributed by atoms with van der Waals surface area (Å²) in [5.74, 6) is -1.80. The molecular formula is C41H54ClN5O9S. The van der Waals surface area contributed by atoms with Crippen LogP contribution in [0.1, 0.15) is 110 Å². The molecule has 4 aliphatic carbocycles. The number of halogens is 1. The van der Waals surface area contributed by atoms with Crippen molar-refractivity contribution in [2.45, 2.75) is 151 Å². The molecule has 8 rings (SSSR count). The smallest absolute Gasteiger partial charge is 0.408 e. The van der Waals surface area contributed by atoms with Gasteiger partial charge in [0.15, 0.2) is 5.88 Å². The Bertz CT molecular complexity index is 2090. The van der Waals surface area contributed by atoms with Gasteiger partial charge in [-0.05, 0) is 106 Å². The topological polar surface area (TPSA) is 182 Å². The van der Waals surface area contributed by atoms with Gasteiger partial charge < -0.3 is 25.0 Å². The Hall–Kier alpha value is -3.85. The maximum atomic E-state index is 14.9. The van der Waals surface area contributed by atoms with E-state index < -0.39 is 62.8 Å². The predicted octanol–water partition coefficient (Wildman–Crippen LogP) is 4.92. The summed E-state index contributed by atoms with van der Waals surface area (Å²) in [6.07, 6.45) is 9.35. The Morgan fingerprint density at radius 3 is 2.40 bits per heavy atom. The third-order valence-corrected chi connectivity index (χ3v) is 15.5. The van der Waals surface area contributed by atoms with Gasteiger partial charge in [-0.1, -0.05) is 50.6 Å². The summed E-state index contributed by atoms with van der Waals surface area (Å²) in [5, 5.41) is 6.78. The number of carbonyl (C=O) groups is 4. The summed E-state index contributed by atoms with van der Waals surface area (Å²) in [4.78, 5) is 72.1. The van der Waals surface area contributed by atoms with Crippen LogP contribution in [-0.4, -0.2) is 83.3 Å². The summed E-state index contributed by atoms with van der Waals surface area (Å²) in [5.41, 5.74) is -1.67. The highest BCUT2D eigenvalue weighted by molar-refractivity contribution is 7.91. The van der Waals surface area contributed by atoms with E-state index >= 15 is 0 Å². The van der Waals surface area contributed by atoms with E-state index in [4.69, 9.17) is 21.1 Å². The third-order valence-electron chi connectivity index (χ3n) is 13.4. The van der Waals surface area contributed by atoms with Crippen LogP contribution >= 0.6 is 11.6 Å². The highest BCUT2D eigenvalue weighted by atomic mass is 35.5. The molecule has 4 amide bonds. The van der Waals surface area contributed by atoms with Crippen molar-refractivity contribution in [3.63, 3.8) is 0 Å². The van der Waals surface area contributed by atoms with Crippen molar-refractivity contribution in [1.82, 2.24) is 24.8 Å². The zero-order chi connectivity index (χ0) is 40.1. The summed E-state index contributed by atoms with van der Waals surface area (Å²) in [7, 11) is -3.88. The molecule has 1 aromatic heterocycles. The average Bonchev–Trinajstić information content (AvgIpc) is 3.96. The van der Waals surface area contributed by atoms with E-state index in [1.54, 1.807) is 28.8 Å². The SMILES string of the molecule is CC[C@@H]1C[C@]1(NC(=O)[C@@H]1C[C@@H]2CN1C(=O)[C@H](C1CCCC1)NC(=O)O[C@@H]1CCC[C@H]1CCCCCn1c(cc3cc(Cl)ccc3c1=O)O2)C(=O)NS(=O)(=O)C1CC1. The maximum Gasteiger partial charge on any atom is 0.408 e. The zero-order valence-corrected chi connectivity index (χ0v) is 34.1. The fourth-order valence-electron chi connectivity index (χ4n) is 9.95. The molecule has 7 atom stereocenters. The van der Waals surface area contributed by atoms with Gasteiger partial charge in [0.25, 0.3) is 11.5 Å². The lowest BCUT2D eigenvalue weighted by molar-refractivity contribution is -0.142. The number of sulfonamides is 1. The number of ether oxygens (including phenoxy) is 2. The Kier molecular flexibility index (Phi) is 11.3. The first kappa shape index (κ1) is 40.0. The van der Waals surface area contributed by atoms with Gasteiger partial charge >= 0.3 is 6.09 Å². The van der Waals surface area contributed by atoms with Crippen LogP contribution in [0.4, 0.5) is 4.79 Å². The molecule has 4 saturated carbocycles. The van der Waals surface area contributed by atoms with Crippen LogP contribution in [0.2, 0.25) is 5.02 Å². The first-order chi connectivity index (χ1) is 27.4. The molecular weight excluding hydrogens is 774 g/mol. The van der Waals surface area contributed by atoms with E-state index in [0.29, 0.717) is 53.9 Å². The number of nitrogens with zero attached hydrogens (tertiary/aromatic N) is 2. The predicted molar refractivity (Wildman–Crippen MR) is 212 cm³/mol. The first-order valence-corrected chi connectivity index (χ1v) is 22.9. The van der Waals surface area contributed by atoms with Crippen LogP contribution in [-0.2, 0) is 35.7 Å². The van der Waals surface area contributed by atoms with Gasteiger partial charge in [0, 0.05) is 29.4 Å². The highest BCUT2D eigenvalue weighted by Crippen LogP contribution is 2.47. The van der Waals surface area contributed by atoms with Crippen LogP contribution in [0.25, 0.3) is 10.8 Å². The number of benzene rings is 1. The van der Waals surface area contributed by atoms with Gasteiger partial charge in [0.05, 0.1) is 11.8 Å². The lowest BCUT2D eigenvalue weighted by Crippen LogP contribution is -2.59. The molecule has 3 N–H and O–H groups in total. The molecule has 0 spiro atoms. The van der Waals surface area contributed by atoms with Gasteiger partial charge in [-0.2, -0.15) is 0 Å². The van der Waals surface area contributed by atoms with Gasteiger partial charge in [-0.15, -0.1) is 0 Å². The summed E-state index contributed by atoms with van der Waals surface area (Å²) in [6, 6.07) is 4.79. The van der Waals surface area contributed by atoms with E-state index in [9.17, 15) is 32.4 Å². The number of pyridine rings is 1. The molecule has 3 heterocycles. The van der Waals surface area contributed by atoms with Crippen LogP contribution < -0.4 is 25.7 Å². The molecule has 57 heavy (non-hydrogen) atoms. The average molecular weight is 828 g/mol. The number of fused-ring (bicyclic) bond motifs is 5. The monoisotopic (exact) mass is 827 g/mol. The summed E-state index contributed by atoms with van der Waals surface area (Å²) >= 11 is 6.35. The number of hydrogen-bond acceptors (Lipinski definition) is 9. The molecule has 2 aliphatic heterocycles. The molecule has 16 heteroatoms. The fraction of sp³-hybridized carbons (Fsp3) is 0.683. The van der Waals surface area contributed by atoms with Crippen molar-refractivity contribution in [2.24, 2.45) is 17.8 Å². The molecule has 1 saturated heterocycles. The quantitative estimate of drug-likeness (QED) is 0.349. The van der Waals surface area contributed by atoms with Crippen LogP contribution in [0.15, 0.2) is 29.1 Å². The van der Waals surface area contributed by atoms with Crippen molar-refractivity contribution in [2.75, 3.05) is 6.54 Å². The zero-order valence-electron chi connectivity index (χ0n) is 32.5. The Balaban J connectivity index is 1.14. The van der Waals surface area contributed by atoms with Crippen LogP contribution in [0.3, 0.4) is 0 Å². The largest absolute Gasteiger partial charge is 0.473 e. The van der Waals surface area contributed by atoms with Crippen LogP contribution in [0, 0.1) is 17.8 Å². The van der Waals surface area contributed by atoms with Crippen molar-refractivity contribution < 1.29 is 37.1 Å². The minimum absolute atomic E-state index is 0.0276. The van der Waals surface area contributed by atoms with E-state index in [-0.39, 0.29) is 48.8 Å². The van der Waals surface area contributed by atoms with Crippen LogP contribution in [0.5, 0.6) is 5.88 Å². The normalized spacial score (nSPS) is 31.3. The van der Waals surface area contributed by atoms with E-state index in [0.717, 1.165) is 64.2 Å². The summed E-state index contributed by atoms with van der Waals surface area (Å²) in [6.45, 7) is 2.23.